The predicted octanol–water partition coefficient (Wildman–Crippen LogP) is 1.98. The molecule has 0 saturated carbocycles. The number of hydrogen-bond donors (Lipinski definition) is 1. The summed E-state index contributed by atoms with van der Waals surface area (Å²) in [5.41, 5.74) is 0. The van der Waals surface area contributed by atoms with Crippen LogP contribution in [0.5, 0.6) is 6.01 Å². The van der Waals surface area contributed by atoms with E-state index in [4.69, 9.17) is 25.9 Å². The van der Waals surface area contributed by atoms with E-state index >= 15 is 0 Å². The molecule has 0 aromatic carbocycles. The molecule has 2 rings (SSSR count). The van der Waals surface area contributed by atoms with Crippen molar-refractivity contribution in [3.05, 3.63) is 23.2 Å². The molecule has 0 unspecified atom stereocenters. The van der Waals surface area contributed by atoms with E-state index in [-0.39, 0.29) is 22.2 Å². The maximum absolute atomic E-state index is 10.6. The molecule has 2 aromatic heterocycles. The Balaban J connectivity index is 2.22. The summed E-state index contributed by atoms with van der Waals surface area (Å²) >= 11 is 6.68. The van der Waals surface area contributed by atoms with Gasteiger partial charge in [-0.2, -0.15) is 15.0 Å². The molecule has 9 heteroatoms. The maximum Gasteiger partial charge on any atom is 0.371 e. The van der Waals surface area contributed by atoms with Crippen LogP contribution in [0, 0.1) is 0 Å². The van der Waals surface area contributed by atoms with Gasteiger partial charge in [0.1, 0.15) is 0 Å². The van der Waals surface area contributed by atoms with Crippen molar-refractivity contribution in [2.45, 2.75) is 10.2 Å². The molecule has 0 radical (unpaired) electrons. The van der Waals surface area contributed by atoms with E-state index in [0.717, 1.165) is 11.8 Å². The fraction of sp³-hybridized carbons (Fsp3) is 0.111. The van der Waals surface area contributed by atoms with Crippen LogP contribution in [0.25, 0.3) is 0 Å². The first-order chi connectivity index (χ1) is 8.58. The van der Waals surface area contributed by atoms with Crippen LogP contribution in [0.4, 0.5) is 0 Å². The minimum absolute atomic E-state index is 0.0191. The van der Waals surface area contributed by atoms with Crippen molar-refractivity contribution in [1.82, 2.24) is 15.0 Å². The van der Waals surface area contributed by atoms with E-state index in [1.807, 2.05) is 0 Å². The SMILES string of the molecule is COc1nc(Cl)nc(Sc2ccc(C(=O)O)o2)n1. The van der Waals surface area contributed by atoms with Gasteiger partial charge in [-0.15, -0.1) is 0 Å². The summed E-state index contributed by atoms with van der Waals surface area (Å²) in [5.74, 6) is -1.31. The highest BCUT2D eigenvalue weighted by molar-refractivity contribution is 7.99. The molecular weight excluding hydrogens is 282 g/mol. The summed E-state index contributed by atoms with van der Waals surface area (Å²) in [4.78, 5) is 22.1. The fourth-order valence-electron chi connectivity index (χ4n) is 1.03. The third-order valence-electron chi connectivity index (χ3n) is 1.73. The van der Waals surface area contributed by atoms with Crippen molar-refractivity contribution in [2.75, 3.05) is 7.11 Å². The molecule has 0 aliphatic heterocycles. The average Bonchev–Trinajstić information content (AvgIpc) is 2.76. The lowest BCUT2D eigenvalue weighted by atomic mass is 10.5. The molecule has 0 bridgehead atoms. The Morgan fingerprint density at radius 1 is 1.44 bits per heavy atom. The van der Waals surface area contributed by atoms with Gasteiger partial charge >= 0.3 is 12.0 Å². The van der Waals surface area contributed by atoms with Crippen molar-refractivity contribution in [3.8, 4) is 6.01 Å². The monoisotopic (exact) mass is 287 g/mol. The summed E-state index contributed by atoms with van der Waals surface area (Å²) in [6.07, 6.45) is 0. The number of furan rings is 1. The topological polar surface area (TPSA) is 98.3 Å². The number of rotatable bonds is 4. The Morgan fingerprint density at radius 2 is 2.22 bits per heavy atom. The molecular formula is C9H6ClN3O4S. The molecule has 94 valence electrons. The van der Waals surface area contributed by atoms with E-state index < -0.39 is 5.97 Å². The van der Waals surface area contributed by atoms with Crippen molar-refractivity contribution < 1.29 is 19.1 Å². The van der Waals surface area contributed by atoms with Crippen LogP contribution in [0.1, 0.15) is 10.6 Å². The van der Waals surface area contributed by atoms with Crippen LogP contribution < -0.4 is 4.74 Å². The molecule has 0 aliphatic carbocycles. The first-order valence-corrected chi connectivity index (χ1v) is 5.74. The van der Waals surface area contributed by atoms with E-state index in [1.54, 1.807) is 0 Å². The molecule has 2 heterocycles. The number of carbonyl (C=O) groups is 1. The fourth-order valence-corrected chi connectivity index (χ4v) is 1.94. The third kappa shape index (κ3) is 2.90. The predicted molar refractivity (Wildman–Crippen MR) is 61.2 cm³/mol. The van der Waals surface area contributed by atoms with Crippen LogP contribution in [-0.4, -0.2) is 33.1 Å². The van der Waals surface area contributed by atoms with Crippen LogP contribution in [0.3, 0.4) is 0 Å². The Bertz CT molecular complexity index is 589. The van der Waals surface area contributed by atoms with Gasteiger partial charge in [0.15, 0.2) is 5.09 Å². The number of halogens is 1. The Morgan fingerprint density at radius 3 is 2.83 bits per heavy atom. The molecule has 0 aliphatic rings. The first kappa shape index (κ1) is 12.7. The summed E-state index contributed by atoms with van der Waals surface area (Å²) in [6, 6.07) is 2.91. The molecule has 0 amide bonds. The van der Waals surface area contributed by atoms with Crippen LogP contribution in [-0.2, 0) is 0 Å². The van der Waals surface area contributed by atoms with E-state index in [0.29, 0.717) is 5.09 Å². The minimum Gasteiger partial charge on any atom is -0.475 e. The lowest BCUT2D eigenvalue weighted by molar-refractivity contribution is 0.0656. The number of nitrogens with zero attached hydrogens (tertiary/aromatic N) is 3. The van der Waals surface area contributed by atoms with Crippen molar-refractivity contribution in [3.63, 3.8) is 0 Å². The average molecular weight is 288 g/mol. The first-order valence-electron chi connectivity index (χ1n) is 4.55. The zero-order valence-corrected chi connectivity index (χ0v) is 10.5. The van der Waals surface area contributed by atoms with Gasteiger partial charge < -0.3 is 14.3 Å². The lowest BCUT2D eigenvalue weighted by Crippen LogP contribution is -1.96. The van der Waals surface area contributed by atoms with Crippen molar-refractivity contribution >= 4 is 29.3 Å². The number of ether oxygens (including phenoxy) is 1. The van der Waals surface area contributed by atoms with Crippen LogP contribution in [0.2, 0.25) is 5.28 Å². The van der Waals surface area contributed by atoms with E-state index in [9.17, 15) is 4.79 Å². The number of aromatic nitrogens is 3. The minimum atomic E-state index is -1.15. The maximum atomic E-state index is 10.6. The molecule has 0 saturated heterocycles. The molecule has 7 nitrogen and oxygen atoms in total. The van der Waals surface area contributed by atoms with Gasteiger partial charge in [-0.25, -0.2) is 4.79 Å². The second-order valence-corrected chi connectivity index (χ2v) is 4.21. The quantitative estimate of drug-likeness (QED) is 0.911. The van der Waals surface area contributed by atoms with E-state index in [2.05, 4.69) is 15.0 Å². The molecule has 0 atom stereocenters. The van der Waals surface area contributed by atoms with Gasteiger partial charge in [-0.3, -0.25) is 0 Å². The highest BCUT2D eigenvalue weighted by Gasteiger charge is 2.12. The number of methoxy groups -OCH3 is 1. The van der Waals surface area contributed by atoms with Gasteiger partial charge in [-0.1, -0.05) is 0 Å². The highest BCUT2D eigenvalue weighted by atomic mass is 35.5. The Labute approximate surface area is 110 Å². The molecule has 2 aromatic rings. The zero-order chi connectivity index (χ0) is 13.1. The number of hydrogen-bond acceptors (Lipinski definition) is 7. The summed E-state index contributed by atoms with van der Waals surface area (Å²) in [7, 11) is 1.40. The summed E-state index contributed by atoms with van der Waals surface area (Å²) in [6.45, 7) is 0. The van der Waals surface area contributed by atoms with Crippen LogP contribution >= 0.6 is 23.4 Å². The second kappa shape index (κ2) is 5.23. The van der Waals surface area contributed by atoms with Gasteiger partial charge in [0.2, 0.25) is 16.2 Å². The summed E-state index contributed by atoms with van der Waals surface area (Å²) in [5, 5.41) is 9.26. The Hall–Kier alpha value is -1.80. The molecule has 18 heavy (non-hydrogen) atoms. The molecule has 0 spiro atoms. The standard InChI is InChI=1S/C9H6ClN3O4S/c1-16-8-11-7(10)12-9(13-8)18-5-3-2-4(17-5)6(14)15/h2-3H,1H3,(H,14,15). The van der Waals surface area contributed by atoms with Crippen molar-refractivity contribution in [2.24, 2.45) is 0 Å². The molecule has 1 N–H and O–H groups in total. The second-order valence-electron chi connectivity index (χ2n) is 2.90. The lowest BCUT2D eigenvalue weighted by Gasteiger charge is -2.00. The zero-order valence-electron chi connectivity index (χ0n) is 8.95. The van der Waals surface area contributed by atoms with Gasteiger partial charge in [0.25, 0.3) is 0 Å². The Kier molecular flexibility index (Phi) is 3.68. The number of carboxylic acid groups (broad SMARTS) is 1. The van der Waals surface area contributed by atoms with Crippen molar-refractivity contribution in [1.29, 1.82) is 0 Å². The van der Waals surface area contributed by atoms with Gasteiger partial charge in [-0.05, 0) is 35.5 Å². The van der Waals surface area contributed by atoms with Gasteiger partial charge in [0.05, 0.1) is 7.11 Å². The van der Waals surface area contributed by atoms with Crippen LogP contribution in [0.15, 0.2) is 26.8 Å². The third-order valence-corrected chi connectivity index (χ3v) is 2.69. The number of carboxylic acids is 1. The normalized spacial score (nSPS) is 10.3. The molecule has 0 fully saturated rings. The van der Waals surface area contributed by atoms with E-state index in [1.165, 1.54) is 19.2 Å². The highest BCUT2D eigenvalue weighted by Crippen LogP contribution is 2.27. The summed E-state index contributed by atoms with van der Waals surface area (Å²) < 4.78 is 9.87. The largest absolute Gasteiger partial charge is 0.475 e. The number of aromatic carboxylic acids is 1. The smallest absolute Gasteiger partial charge is 0.371 e. The van der Waals surface area contributed by atoms with Gasteiger partial charge in [0, 0.05) is 0 Å².